The number of nitrogens with one attached hydrogen (secondary N) is 1. The Morgan fingerprint density at radius 1 is 1.16 bits per heavy atom. The number of carboxylic acids is 1. The summed E-state index contributed by atoms with van der Waals surface area (Å²) in [6, 6.07) is 10.3. The zero-order valence-corrected chi connectivity index (χ0v) is 15.4. The molecule has 0 saturated carbocycles. The summed E-state index contributed by atoms with van der Waals surface area (Å²) in [4.78, 5) is 10.9. The van der Waals surface area contributed by atoms with Crippen molar-refractivity contribution < 1.29 is 23.1 Å². The molecule has 2 aromatic rings. The van der Waals surface area contributed by atoms with E-state index < -0.39 is 21.5 Å². The fourth-order valence-electron chi connectivity index (χ4n) is 2.65. The number of hydrogen-bond acceptors (Lipinski definition) is 4. The third-order valence-electron chi connectivity index (χ3n) is 3.81. The number of benzene rings is 2. The topological polar surface area (TPSA) is 92.7 Å². The molecule has 0 spiro atoms. The van der Waals surface area contributed by atoms with Gasteiger partial charge in [0.1, 0.15) is 5.75 Å². The van der Waals surface area contributed by atoms with Crippen LogP contribution in [0.5, 0.6) is 5.75 Å². The normalized spacial score (nSPS) is 12.3. The van der Waals surface area contributed by atoms with Crippen molar-refractivity contribution in [1.29, 1.82) is 0 Å². The van der Waals surface area contributed by atoms with Gasteiger partial charge in [-0.1, -0.05) is 24.3 Å². The Kier molecular flexibility index (Phi) is 5.69. The maximum absolute atomic E-state index is 12.9. The molecule has 2 rings (SSSR count). The molecule has 0 bridgehead atoms. The molecule has 0 aliphatic carbocycles. The van der Waals surface area contributed by atoms with Crippen LogP contribution in [-0.2, 0) is 14.8 Å². The molecule has 136 valence electrons. The van der Waals surface area contributed by atoms with Gasteiger partial charge < -0.3 is 9.84 Å². The Morgan fingerprint density at radius 3 is 2.40 bits per heavy atom. The van der Waals surface area contributed by atoms with Crippen LogP contribution in [0.25, 0.3) is 10.8 Å². The molecule has 0 atom stereocenters. The predicted molar refractivity (Wildman–Crippen MR) is 96.4 cm³/mol. The predicted octanol–water partition coefficient (Wildman–Crippen LogP) is 3.16. The highest BCUT2D eigenvalue weighted by Gasteiger charge is 2.28. The second-order valence-electron chi connectivity index (χ2n) is 6.42. The molecule has 0 aliphatic heterocycles. The van der Waals surface area contributed by atoms with Gasteiger partial charge in [0.25, 0.3) is 0 Å². The van der Waals surface area contributed by atoms with E-state index in [0.717, 1.165) is 5.39 Å². The lowest BCUT2D eigenvalue weighted by molar-refractivity contribution is -0.137. The molecular weight excluding hydrogens is 342 g/mol. The van der Waals surface area contributed by atoms with Crippen LogP contribution in [0.3, 0.4) is 0 Å². The molecule has 0 fully saturated rings. The summed E-state index contributed by atoms with van der Waals surface area (Å²) in [5, 5.41) is 10.1. The Hall–Kier alpha value is -2.12. The summed E-state index contributed by atoms with van der Waals surface area (Å²) in [7, 11) is -3.82. The van der Waals surface area contributed by atoms with Gasteiger partial charge in [-0.2, -0.15) is 0 Å². The zero-order valence-electron chi connectivity index (χ0n) is 14.6. The van der Waals surface area contributed by atoms with Crippen molar-refractivity contribution in [1.82, 2.24) is 4.72 Å². The van der Waals surface area contributed by atoms with Crippen LogP contribution in [0.2, 0.25) is 0 Å². The van der Waals surface area contributed by atoms with Crippen LogP contribution in [0.1, 0.15) is 33.6 Å². The molecule has 0 aromatic heterocycles. The molecule has 0 saturated heterocycles. The number of carboxylic acid groups (broad SMARTS) is 1. The van der Waals surface area contributed by atoms with Crippen molar-refractivity contribution in [2.75, 3.05) is 6.61 Å². The number of rotatable bonds is 8. The first-order chi connectivity index (χ1) is 11.7. The average molecular weight is 365 g/mol. The minimum absolute atomic E-state index is 0.112. The van der Waals surface area contributed by atoms with Gasteiger partial charge in [0.2, 0.25) is 10.0 Å². The third kappa shape index (κ3) is 4.70. The third-order valence-corrected chi connectivity index (χ3v) is 5.56. The highest BCUT2D eigenvalue weighted by Crippen LogP contribution is 2.31. The lowest BCUT2D eigenvalue weighted by Gasteiger charge is -2.25. The number of aliphatic carboxylic acids is 1. The fraction of sp³-hybridized carbons (Fsp3) is 0.389. The van der Waals surface area contributed by atoms with Crippen molar-refractivity contribution >= 4 is 26.8 Å². The van der Waals surface area contributed by atoms with Gasteiger partial charge in [-0.25, -0.2) is 13.1 Å². The fourth-order valence-corrected chi connectivity index (χ4v) is 4.30. The van der Waals surface area contributed by atoms with E-state index in [1.165, 1.54) is 6.07 Å². The second-order valence-corrected chi connectivity index (χ2v) is 8.07. The first-order valence-corrected chi connectivity index (χ1v) is 9.55. The van der Waals surface area contributed by atoms with E-state index in [0.29, 0.717) is 17.7 Å². The number of hydrogen-bond donors (Lipinski definition) is 2. The SMILES string of the molecule is CCOc1ccc(S(=O)(=O)NC(C)(C)CCC(=O)O)c2ccccc12. The molecule has 2 N–H and O–H groups in total. The zero-order chi connectivity index (χ0) is 18.7. The van der Waals surface area contributed by atoms with Gasteiger partial charge in [0.15, 0.2) is 0 Å². The number of fused-ring (bicyclic) bond motifs is 1. The van der Waals surface area contributed by atoms with Crippen molar-refractivity contribution in [3.8, 4) is 5.75 Å². The van der Waals surface area contributed by atoms with Crippen LogP contribution in [0.4, 0.5) is 0 Å². The summed E-state index contributed by atoms with van der Waals surface area (Å²) in [5.74, 6) is -0.332. The Morgan fingerprint density at radius 2 is 1.80 bits per heavy atom. The summed E-state index contributed by atoms with van der Waals surface area (Å²) in [5.41, 5.74) is -0.878. The first kappa shape index (κ1) is 19.2. The van der Waals surface area contributed by atoms with Gasteiger partial charge in [0, 0.05) is 22.7 Å². The van der Waals surface area contributed by atoms with Crippen LogP contribution in [-0.4, -0.2) is 31.6 Å². The molecule has 7 heteroatoms. The standard InChI is InChI=1S/C18H23NO5S/c1-4-24-15-9-10-16(14-8-6-5-7-13(14)15)25(22,23)19-18(2,3)12-11-17(20)21/h5-10,19H,4,11-12H2,1-3H3,(H,20,21). The van der Waals surface area contributed by atoms with E-state index in [-0.39, 0.29) is 17.7 Å². The van der Waals surface area contributed by atoms with Crippen LogP contribution in [0, 0.1) is 0 Å². The van der Waals surface area contributed by atoms with E-state index in [1.54, 1.807) is 32.0 Å². The van der Waals surface area contributed by atoms with Gasteiger partial charge in [-0.15, -0.1) is 0 Å². The Balaban J connectivity index is 2.43. The van der Waals surface area contributed by atoms with Crippen molar-refractivity contribution in [2.24, 2.45) is 0 Å². The summed E-state index contributed by atoms with van der Waals surface area (Å²) >= 11 is 0. The summed E-state index contributed by atoms with van der Waals surface area (Å²) < 4.78 is 33.9. The number of ether oxygens (including phenoxy) is 1. The molecular formula is C18H23NO5S. The van der Waals surface area contributed by atoms with Crippen LogP contribution >= 0.6 is 0 Å². The van der Waals surface area contributed by atoms with E-state index in [4.69, 9.17) is 9.84 Å². The van der Waals surface area contributed by atoms with Gasteiger partial charge in [-0.05, 0) is 39.3 Å². The number of sulfonamides is 1. The van der Waals surface area contributed by atoms with Crippen LogP contribution in [0.15, 0.2) is 41.3 Å². The van der Waals surface area contributed by atoms with Gasteiger partial charge in [-0.3, -0.25) is 4.79 Å². The molecule has 0 heterocycles. The molecule has 0 radical (unpaired) electrons. The highest BCUT2D eigenvalue weighted by molar-refractivity contribution is 7.89. The van der Waals surface area contributed by atoms with E-state index in [9.17, 15) is 13.2 Å². The molecule has 6 nitrogen and oxygen atoms in total. The largest absolute Gasteiger partial charge is 0.493 e. The monoisotopic (exact) mass is 365 g/mol. The summed E-state index contributed by atoms with van der Waals surface area (Å²) in [6.07, 6.45) is 0.0794. The maximum atomic E-state index is 12.9. The minimum atomic E-state index is -3.82. The van der Waals surface area contributed by atoms with Gasteiger partial charge >= 0.3 is 5.97 Å². The van der Waals surface area contributed by atoms with Crippen molar-refractivity contribution in [3.63, 3.8) is 0 Å². The molecule has 0 amide bonds. The molecule has 2 aromatic carbocycles. The van der Waals surface area contributed by atoms with Crippen molar-refractivity contribution in [3.05, 3.63) is 36.4 Å². The van der Waals surface area contributed by atoms with E-state index in [2.05, 4.69) is 4.72 Å². The molecule has 0 unspecified atom stereocenters. The van der Waals surface area contributed by atoms with Gasteiger partial charge in [0.05, 0.1) is 11.5 Å². The van der Waals surface area contributed by atoms with E-state index >= 15 is 0 Å². The lowest BCUT2D eigenvalue weighted by atomic mass is 10.0. The minimum Gasteiger partial charge on any atom is -0.493 e. The number of carbonyl (C=O) groups is 1. The smallest absolute Gasteiger partial charge is 0.303 e. The van der Waals surface area contributed by atoms with Crippen molar-refractivity contribution in [2.45, 2.75) is 44.0 Å². The van der Waals surface area contributed by atoms with E-state index in [1.807, 2.05) is 19.1 Å². The van der Waals surface area contributed by atoms with Crippen LogP contribution < -0.4 is 9.46 Å². The summed E-state index contributed by atoms with van der Waals surface area (Å²) in [6.45, 7) is 5.69. The molecule has 25 heavy (non-hydrogen) atoms. The average Bonchev–Trinajstić information content (AvgIpc) is 2.52. The Labute approximate surface area is 147 Å². The lowest BCUT2D eigenvalue weighted by Crippen LogP contribution is -2.43. The first-order valence-electron chi connectivity index (χ1n) is 8.06. The second kappa shape index (κ2) is 7.41. The highest BCUT2D eigenvalue weighted by atomic mass is 32.2. The molecule has 0 aliphatic rings. The maximum Gasteiger partial charge on any atom is 0.303 e. The quantitative estimate of drug-likeness (QED) is 0.749. The Bertz CT molecular complexity index is 874.